The van der Waals surface area contributed by atoms with Crippen LogP contribution in [0.3, 0.4) is 0 Å². The number of aryl methyl sites for hydroxylation is 1. The molecule has 0 bridgehead atoms. The van der Waals surface area contributed by atoms with E-state index in [4.69, 9.17) is 0 Å². The molecule has 2 amide bonds. The van der Waals surface area contributed by atoms with Crippen molar-refractivity contribution in [3.05, 3.63) is 101 Å². The van der Waals surface area contributed by atoms with Gasteiger partial charge in [-0.1, -0.05) is 42.5 Å². The van der Waals surface area contributed by atoms with Crippen LogP contribution in [0.25, 0.3) is 0 Å². The standard InChI is InChI=1S/C22H19FN2O2/c1-15-6-2-3-7-18(15)22(27)25-20-9-5-4-8-19(20)21(26)24-14-16-10-12-17(23)13-11-16/h2-13H,14H2,1H3,(H,24,26)(H,25,27). The van der Waals surface area contributed by atoms with Gasteiger partial charge in [-0.3, -0.25) is 9.59 Å². The van der Waals surface area contributed by atoms with E-state index in [1.54, 1.807) is 48.5 Å². The molecule has 0 fully saturated rings. The molecule has 0 saturated carbocycles. The summed E-state index contributed by atoms with van der Waals surface area (Å²) in [6.45, 7) is 2.12. The summed E-state index contributed by atoms with van der Waals surface area (Å²) in [7, 11) is 0. The fourth-order valence-electron chi connectivity index (χ4n) is 2.69. The highest BCUT2D eigenvalue weighted by Crippen LogP contribution is 2.17. The molecule has 136 valence electrons. The zero-order chi connectivity index (χ0) is 19.2. The van der Waals surface area contributed by atoms with Crippen molar-refractivity contribution in [1.29, 1.82) is 0 Å². The number of hydrogen-bond acceptors (Lipinski definition) is 2. The van der Waals surface area contributed by atoms with Crippen molar-refractivity contribution in [1.82, 2.24) is 5.32 Å². The Balaban J connectivity index is 1.73. The molecular weight excluding hydrogens is 343 g/mol. The maximum Gasteiger partial charge on any atom is 0.255 e. The van der Waals surface area contributed by atoms with Crippen molar-refractivity contribution in [2.45, 2.75) is 13.5 Å². The summed E-state index contributed by atoms with van der Waals surface area (Å²) in [6, 6.07) is 20.0. The van der Waals surface area contributed by atoms with Crippen LogP contribution in [0.5, 0.6) is 0 Å². The Bertz CT molecular complexity index is 968. The van der Waals surface area contributed by atoms with Crippen LogP contribution in [-0.4, -0.2) is 11.8 Å². The largest absolute Gasteiger partial charge is 0.348 e. The van der Waals surface area contributed by atoms with Crippen LogP contribution in [0.2, 0.25) is 0 Å². The summed E-state index contributed by atoms with van der Waals surface area (Å²) in [6.07, 6.45) is 0. The SMILES string of the molecule is Cc1ccccc1C(=O)Nc1ccccc1C(=O)NCc1ccc(F)cc1. The number of anilines is 1. The van der Waals surface area contributed by atoms with Gasteiger partial charge in [0, 0.05) is 12.1 Å². The van der Waals surface area contributed by atoms with Crippen LogP contribution in [0.1, 0.15) is 31.8 Å². The smallest absolute Gasteiger partial charge is 0.255 e. The molecule has 0 unspecified atom stereocenters. The van der Waals surface area contributed by atoms with Gasteiger partial charge in [0.2, 0.25) is 0 Å². The maximum absolute atomic E-state index is 13.0. The number of rotatable bonds is 5. The molecule has 4 nitrogen and oxygen atoms in total. The second-order valence-electron chi connectivity index (χ2n) is 6.12. The van der Waals surface area contributed by atoms with Gasteiger partial charge in [-0.05, 0) is 48.4 Å². The van der Waals surface area contributed by atoms with Crippen LogP contribution < -0.4 is 10.6 Å². The summed E-state index contributed by atoms with van der Waals surface area (Å²) < 4.78 is 13.0. The van der Waals surface area contributed by atoms with Crippen molar-refractivity contribution >= 4 is 17.5 Å². The molecule has 0 atom stereocenters. The number of para-hydroxylation sites is 1. The number of carbonyl (C=O) groups excluding carboxylic acids is 2. The lowest BCUT2D eigenvalue weighted by atomic mass is 10.1. The molecule has 3 aromatic rings. The molecule has 0 heterocycles. The number of carbonyl (C=O) groups is 2. The van der Waals surface area contributed by atoms with E-state index in [0.717, 1.165) is 11.1 Å². The van der Waals surface area contributed by atoms with Crippen LogP contribution in [0, 0.1) is 12.7 Å². The Kier molecular flexibility index (Phi) is 5.61. The zero-order valence-corrected chi connectivity index (χ0v) is 14.8. The average molecular weight is 362 g/mol. The lowest BCUT2D eigenvalue weighted by Crippen LogP contribution is -2.25. The van der Waals surface area contributed by atoms with Crippen molar-refractivity contribution in [3.63, 3.8) is 0 Å². The molecule has 2 N–H and O–H groups in total. The van der Waals surface area contributed by atoms with Crippen molar-refractivity contribution in [2.24, 2.45) is 0 Å². The lowest BCUT2D eigenvalue weighted by molar-refractivity contribution is 0.0952. The van der Waals surface area contributed by atoms with E-state index < -0.39 is 0 Å². The molecule has 0 aliphatic heterocycles. The zero-order valence-electron chi connectivity index (χ0n) is 14.8. The van der Waals surface area contributed by atoms with E-state index in [1.807, 2.05) is 19.1 Å². The Morgan fingerprint density at radius 3 is 2.15 bits per heavy atom. The normalized spacial score (nSPS) is 10.3. The van der Waals surface area contributed by atoms with Crippen molar-refractivity contribution in [3.8, 4) is 0 Å². The number of hydrogen-bond donors (Lipinski definition) is 2. The molecule has 3 rings (SSSR count). The Morgan fingerprint density at radius 2 is 1.44 bits per heavy atom. The third-order valence-corrected chi connectivity index (χ3v) is 4.18. The monoisotopic (exact) mass is 362 g/mol. The van der Waals surface area contributed by atoms with E-state index >= 15 is 0 Å². The van der Waals surface area contributed by atoms with Crippen LogP contribution >= 0.6 is 0 Å². The predicted molar refractivity (Wildman–Crippen MR) is 103 cm³/mol. The first kappa shape index (κ1) is 18.3. The summed E-state index contributed by atoms with van der Waals surface area (Å²) in [5, 5.41) is 5.59. The molecule has 0 aliphatic rings. The van der Waals surface area contributed by atoms with E-state index in [0.29, 0.717) is 16.8 Å². The summed E-state index contributed by atoms with van der Waals surface area (Å²) in [5.41, 5.74) is 2.99. The second-order valence-corrected chi connectivity index (χ2v) is 6.12. The minimum absolute atomic E-state index is 0.263. The van der Waals surface area contributed by atoms with E-state index in [9.17, 15) is 14.0 Å². The fraction of sp³-hybridized carbons (Fsp3) is 0.0909. The number of amides is 2. The highest BCUT2D eigenvalue weighted by atomic mass is 19.1. The van der Waals surface area contributed by atoms with Gasteiger partial charge in [0.05, 0.1) is 11.3 Å². The first-order valence-corrected chi connectivity index (χ1v) is 8.53. The molecule has 0 aromatic heterocycles. The average Bonchev–Trinajstić information content (AvgIpc) is 2.68. The first-order chi connectivity index (χ1) is 13.0. The van der Waals surface area contributed by atoms with E-state index in [2.05, 4.69) is 10.6 Å². The van der Waals surface area contributed by atoms with E-state index in [1.165, 1.54) is 12.1 Å². The summed E-state index contributed by atoms with van der Waals surface area (Å²) >= 11 is 0. The summed E-state index contributed by atoms with van der Waals surface area (Å²) in [4.78, 5) is 25.1. The van der Waals surface area contributed by atoms with Gasteiger partial charge in [-0.25, -0.2) is 4.39 Å². The van der Waals surface area contributed by atoms with Crippen molar-refractivity contribution < 1.29 is 14.0 Å². The van der Waals surface area contributed by atoms with E-state index in [-0.39, 0.29) is 24.2 Å². The van der Waals surface area contributed by atoms with Gasteiger partial charge < -0.3 is 10.6 Å². The van der Waals surface area contributed by atoms with Gasteiger partial charge >= 0.3 is 0 Å². The number of nitrogens with one attached hydrogen (secondary N) is 2. The highest BCUT2D eigenvalue weighted by molar-refractivity contribution is 6.09. The molecule has 0 aliphatic carbocycles. The van der Waals surface area contributed by atoms with Crippen molar-refractivity contribution in [2.75, 3.05) is 5.32 Å². The Morgan fingerprint density at radius 1 is 0.815 bits per heavy atom. The predicted octanol–water partition coefficient (Wildman–Crippen LogP) is 4.32. The topological polar surface area (TPSA) is 58.2 Å². The number of halogens is 1. The molecule has 0 saturated heterocycles. The molecule has 0 spiro atoms. The third-order valence-electron chi connectivity index (χ3n) is 4.18. The third kappa shape index (κ3) is 4.58. The lowest BCUT2D eigenvalue weighted by Gasteiger charge is -2.12. The molecule has 0 radical (unpaired) electrons. The maximum atomic E-state index is 13.0. The molecule has 3 aromatic carbocycles. The fourth-order valence-corrected chi connectivity index (χ4v) is 2.69. The van der Waals surface area contributed by atoms with Gasteiger partial charge in [0.1, 0.15) is 5.82 Å². The molecular formula is C22H19FN2O2. The second kappa shape index (κ2) is 8.27. The van der Waals surface area contributed by atoms with Gasteiger partial charge in [0.25, 0.3) is 11.8 Å². The summed E-state index contributed by atoms with van der Waals surface area (Å²) in [5.74, 6) is -0.916. The minimum Gasteiger partial charge on any atom is -0.348 e. The Hall–Kier alpha value is -3.47. The quantitative estimate of drug-likeness (QED) is 0.710. The molecule has 27 heavy (non-hydrogen) atoms. The van der Waals surface area contributed by atoms with Crippen LogP contribution in [-0.2, 0) is 6.54 Å². The molecule has 5 heteroatoms. The number of benzene rings is 3. The highest BCUT2D eigenvalue weighted by Gasteiger charge is 2.15. The minimum atomic E-state index is -0.325. The Labute approximate surface area is 157 Å². The van der Waals surface area contributed by atoms with Gasteiger partial charge in [0.15, 0.2) is 0 Å². The first-order valence-electron chi connectivity index (χ1n) is 8.53. The van der Waals surface area contributed by atoms with Crippen LogP contribution in [0.4, 0.5) is 10.1 Å². The van der Waals surface area contributed by atoms with Gasteiger partial charge in [-0.15, -0.1) is 0 Å². The van der Waals surface area contributed by atoms with Gasteiger partial charge in [-0.2, -0.15) is 0 Å². The van der Waals surface area contributed by atoms with Crippen LogP contribution in [0.15, 0.2) is 72.8 Å².